The zero-order valence-electron chi connectivity index (χ0n) is 16.3. The molecule has 4 heteroatoms. The third-order valence-electron chi connectivity index (χ3n) is 4.48. The molecule has 0 radical (unpaired) electrons. The van der Waals surface area contributed by atoms with E-state index in [9.17, 15) is 8.42 Å². The maximum atomic E-state index is 12.4. The van der Waals surface area contributed by atoms with Crippen LogP contribution in [0.2, 0.25) is 0 Å². The monoisotopic (exact) mass is 404 g/mol. The molecule has 0 spiro atoms. The summed E-state index contributed by atoms with van der Waals surface area (Å²) >= 11 is 0. The Hall–Kier alpha value is -3.11. The van der Waals surface area contributed by atoms with E-state index in [1.54, 1.807) is 30.3 Å². The molecule has 0 aromatic heterocycles. The predicted octanol–water partition coefficient (Wildman–Crippen LogP) is 5.86. The van der Waals surface area contributed by atoms with Gasteiger partial charge in [-0.15, -0.1) is 0 Å². The highest BCUT2D eigenvalue weighted by molar-refractivity contribution is 7.94. The Morgan fingerprint density at radius 3 is 1.79 bits per heavy atom. The summed E-state index contributed by atoms with van der Waals surface area (Å²) in [6.45, 7) is 2.01. The Kier molecular flexibility index (Phi) is 7.04. The second-order valence-corrected chi connectivity index (χ2v) is 8.36. The summed E-state index contributed by atoms with van der Waals surface area (Å²) in [7, 11) is -3.52. The molecule has 3 nitrogen and oxygen atoms in total. The van der Waals surface area contributed by atoms with Gasteiger partial charge >= 0.3 is 0 Å². The quantitative estimate of drug-likeness (QED) is 0.442. The first kappa shape index (κ1) is 20.6. The van der Waals surface area contributed by atoms with Crippen LogP contribution in [0.15, 0.2) is 114 Å². The van der Waals surface area contributed by atoms with Crippen molar-refractivity contribution in [3.05, 3.63) is 120 Å². The lowest BCUT2D eigenvalue weighted by molar-refractivity contribution is 0.184. The molecule has 148 valence electrons. The molecule has 0 amide bonds. The lowest BCUT2D eigenvalue weighted by Gasteiger charge is -2.15. The van der Waals surface area contributed by atoms with E-state index in [2.05, 4.69) is 24.3 Å². The number of hydrogen-bond acceptors (Lipinski definition) is 3. The van der Waals surface area contributed by atoms with Gasteiger partial charge in [-0.3, -0.25) is 0 Å². The Morgan fingerprint density at radius 2 is 1.31 bits per heavy atom. The van der Waals surface area contributed by atoms with E-state index in [0.717, 1.165) is 22.1 Å². The minimum absolute atomic E-state index is 0.248. The normalized spacial score (nSPS) is 12.4. The van der Waals surface area contributed by atoms with Gasteiger partial charge in [-0.2, -0.15) is 0 Å². The van der Waals surface area contributed by atoms with E-state index in [0.29, 0.717) is 6.42 Å². The number of sulfone groups is 1. The Morgan fingerprint density at radius 1 is 0.828 bits per heavy atom. The molecule has 0 aliphatic heterocycles. The molecule has 0 N–H and O–H groups in total. The van der Waals surface area contributed by atoms with E-state index in [1.165, 1.54) is 6.26 Å². The SMILES string of the molecule is CCC(C=C(c1ccccc1)c1ccccc1)O/C=C/S(=O)(=O)c1ccccc1. The standard InChI is InChI=1S/C25H24O3S/c1-2-23(28-18-19-29(26,27)24-16-10-5-11-17-24)20-25(21-12-6-3-7-13-21)22-14-8-4-9-15-22/h3-20,23H,2H2,1H3/b19-18+. The molecular formula is C25H24O3S. The third-order valence-corrected chi connectivity index (χ3v) is 5.88. The molecule has 0 saturated heterocycles. The van der Waals surface area contributed by atoms with Gasteiger partial charge < -0.3 is 4.74 Å². The fraction of sp³-hybridized carbons (Fsp3) is 0.120. The molecule has 1 unspecified atom stereocenters. The number of benzene rings is 3. The van der Waals surface area contributed by atoms with Crippen LogP contribution in [0.3, 0.4) is 0 Å². The Bertz CT molecular complexity index is 1010. The van der Waals surface area contributed by atoms with Crippen molar-refractivity contribution in [2.24, 2.45) is 0 Å². The zero-order chi connectivity index (χ0) is 20.5. The Labute approximate surface area is 172 Å². The van der Waals surface area contributed by atoms with Gasteiger partial charge in [0.25, 0.3) is 0 Å². The first-order valence-electron chi connectivity index (χ1n) is 9.55. The number of rotatable bonds is 8. The molecule has 3 aromatic rings. The molecule has 0 aliphatic carbocycles. The van der Waals surface area contributed by atoms with Crippen LogP contribution in [0.1, 0.15) is 24.5 Å². The van der Waals surface area contributed by atoms with Crippen molar-refractivity contribution in [2.45, 2.75) is 24.3 Å². The van der Waals surface area contributed by atoms with Crippen LogP contribution in [0.25, 0.3) is 5.57 Å². The van der Waals surface area contributed by atoms with Crippen LogP contribution in [-0.4, -0.2) is 14.5 Å². The van der Waals surface area contributed by atoms with Crippen molar-refractivity contribution in [3.8, 4) is 0 Å². The number of hydrogen-bond donors (Lipinski definition) is 0. The van der Waals surface area contributed by atoms with Gasteiger partial charge in [-0.25, -0.2) is 8.42 Å². The molecule has 0 fully saturated rings. The molecule has 0 aliphatic rings. The maximum Gasteiger partial charge on any atom is 0.202 e. The second kappa shape index (κ2) is 9.89. The van der Waals surface area contributed by atoms with Crippen LogP contribution in [0.5, 0.6) is 0 Å². The van der Waals surface area contributed by atoms with Gasteiger partial charge in [0.05, 0.1) is 16.6 Å². The van der Waals surface area contributed by atoms with Crippen molar-refractivity contribution < 1.29 is 13.2 Å². The van der Waals surface area contributed by atoms with E-state index in [-0.39, 0.29) is 11.0 Å². The lowest BCUT2D eigenvalue weighted by Crippen LogP contribution is -2.06. The van der Waals surface area contributed by atoms with E-state index < -0.39 is 9.84 Å². The van der Waals surface area contributed by atoms with Crippen molar-refractivity contribution >= 4 is 15.4 Å². The topological polar surface area (TPSA) is 43.4 Å². The molecule has 29 heavy (non-hydrogen) atoms. The average Bonchev–Trinajstić information content (AvgIpc) is 2.78. The van der Waals surface area contributed by atoms with Crippen LogP contribution in [0.4, 0.5) is 0 Å². The van der Waals surface area contributed by atoms with Crippen LogP contribution in [-0.2, 0) is 14.6 Å². The largest absolute Gasteiger partial charge is 0.493 e. The van der Waals surface area contributed by atoms with Crippen LogP contribution in [0, 0.1) is 0 Å². The minimum Gasteiger partial charge on any atom is -0.493 e. The summed E-state index contributed by atoms with van der Waals surface area (Å²) in [6, 6.07) is 28.5. The van der Waals surface area contributed by atoms with Crippen molar-refractivity contribution in [2.75, 3.05) is 0 Å². The summed E-state index contributed by atoms with van der Waals surface area (Å²) in [4.78, 5) is 0.248. The summed E-state index contributed by atoms with van der Waals surface area (Å²) in [5, 5.41) is 1.11. The summed E-state index contributed by atoms with van der Waals surface area (Å²) in [6.07, 6.45) is 3.77. The van der Waals surface area contributed by atoms with Crippen LogP contribution < -0.4 is 0 Å². The van der Waals surface area contributed by atoms with Crippen molar-refractivity contribution in [1.29, 1.82) is 0 Å². The van der Waals surface area contributed by atoms with Gasteiger partial charge in [-0.1, -0.05) is 85.8 Å². The van der Waals surface area contributed by atoms with Gasteiger partial charge in [0.2, 0.25) is 9.84 Å². The smallest absolute Gasteiger partial charge is 0.202 e. The molecule has 3 rings (SSSR count). The van der Waals surface area contributed by atoms with Gasteiger partial charge in [-0.05, 0) is 41.3 Å². The summed E-state index contributed by atoms with van der Waals surface area (Å²) in [5.74, 6) is 0. The molecule has 0 saturated carbocycles. The highest BCUT2D eigenvalue weighted by Crippen LogP contribution is 2.25. The molecule has 0 heterocycles. The fourth-order valence-corrected chi connectivity index (χ4v) is 3.83. The average molecular weight is 405 g/mol. The van der Waals surface area contributed by atoms with Gasteiger partial charge in [0.1, 0.15) is 6.10 Å². The molecule has 1 atom stereocenters. The van der Waals surface area contributed by atoms with Crippen LogP contribution >= 0.6 is 0 Å². The highest BCUT2D eigenvalue weighted by Gasteiger charge is 2.12. The third kappa shape index (κ3) is 5.69. The van der Waals surface area contributed by atoms with Gasteiger partial charge in [0.15, 0.2) is 0 Å². The minimum atomic E-state index is -3.52. The zero-order valence-corrected chi connectivity index (χ0v) is 17.1. The van der Waals surface area contributed by atoms with E-state index >= 15 is 0 Å². The van der Waals surface area contributed by atoms with Crippen molar-refractivity contribution in [1.82, 2.24) is 0 Å². The number of ether oxygens (including phenoxy) is 1. The van der Waals surface area contributed by atoms with Gasteiger partial charge in [0, 0.05) is 0 Å². The lowest BCUT2D eigenvalue weighted by atomic mass is 9.96. The second-order valence-electron chi connectivity index (χ2n) is 6.53. The summed E-state index contributed by atoms with van der Waals surface area (Å²) in [5.41, 5.74) is 3.22. The first-order valence-corrected chi connectivity index (χ1v) is 11.1. The molecular weight excluding hydrogens is 380 g/mol. The first-order chi connectivity index (χ1) is 14.1. The highest BCUT2D eigenvalue weighted by atomic mass is 32.2. The molecule has 0 bridgehead atoms. The van der Waals surface area contributed by atoms with E-state index in [1.807, 2.05) is 49.4 Å². The molecule has 3 aromatic carbocycles. The van der Waals surface area contributed by atoms with Crippen molar-refractivity contribution in [3.63, 3.8) is 0 Å². The predicted molar refractivity (Wildman–Crippen MR) is 118 cm³/mol. The van der Waals surface area contributed by atoms with E-state index in [4.69, 9.17) is 4.74 Å². The summed E-state index contributed by atoms with van der Waals surface area (Å²) < 4.78 is 30.6. The Balaban J connectivity index is 1.84. The fourth-order valence-electron chi connectivity index (χ4n) is 2.93. The maximum absolute atomic E-state index is 12.4.